The Bertz CT molecular complexity index is 711. The monoisotopic (exact) mass is 368 g/mol. The molecular formula is C18H19ClF2N2O2. The molecule has 1 amide bonds. The molecule has 2 rings (SSSR count). The number of ether oxygens (including phenoxy) is 1. The van der Waals surface area contributed by atoms with Crippen LogP contribution in [0.5, 0.6) is 5.75 Å². The fourth-order valence-corrected chi connectivity index (χ4v) is 2.22. The molecule has 0 saturated carbocycles. The third-order valence-corrected chi connectivity index (χ3v) is 3.77. The SMILES string of the molecule is C[C@@H](NCC(=O)NCCOc1ccc(Cl)cc1)c1ccc(F)c(F)c1. The lowest BCUT2D eigenvalue weighted by Crippen LogP contribution is -2.37. The normalized spacial score (nSPS) is 11.8. The van der Waals surface area contributed by atoms with Crippen LogP contribution in [0.4, 0.5) is 8.78 Å². The number of benzene rings is 2. The standard InChI is InChI=1S/C18H19ClF2N2O2/c1-12(13-2-7-16(20)17(21)10-13)23-11-18(24)22-8-9-25-15-5-3-14(19)4-6-15/h2-7,10,12,23H,8-9,11H2,1H3,(H,22,24)/t12-/m1/s1. The van der Waals surface area contributed by atoms with E-state index in [1.54, 1.807) is 31.2 Å². The summed E-state index contributed by atoms with van der Waals surface area (Å²) in [5.41, 5.74) is 0.567. The van der Waals surface area contributed by atoms with Crippen molar-refractivity contribution in [2.75, 3.05) is 19.7 Å². The third-order valence-electron chi connectivity index (χ3n) is 3.52. The fourth-order valence-electron chi connectivity index (χ4n) is 2.10. The van der Waals surface area contributed by atoms with E-state index in [0.717, 1.165) is 12.1 Å². The quantitative estimate of drug-likeness (QED) is 0.701. The van der Waals surface area contributed by atoms with Gasteiger partial charge in [0.2, 0.25) is 5.91 Å². The van der Waals surface area contributed by atoms with Gasteiger partial charge in [0, 0.05) is 11.1 Å². The highest BCUT2D eigenvalue weighted by Gasteiger charge is 2.10. The molecule has 2 aromatic carbocycles. The molecule has 0 aliphatic carbocycles. The molecule has 0 heterocycles. The summed E-state index contributed by atoms with van der Waals surface area (Å²) in [4.78, 5) is 11.8. The summed E-state index contributed by atoms with van der Waals surface area (Å²) in [5, 5.41) is 6.29. The maximum Gasteiger partial charge on any atom is 0.234 e. The zero-order valence-corrected chi connectivity index (χ0v) is 14.4. The van der Waals surface area contributed by atoms with Gasteiger partial charge in [0.15, 0.2) is 11.6 Å². The molecule has 0 fully saturated rings. The van der Waals surface area contributed by atoms with Crippen LogP contribution in [0.2, 0.25) is 5.02 Å². The topological polar surface area (TPSA) is 50.4 Å². The number of rotatable bonds is 8. The van der Waals surface area contributed by atoms with E-state index >= 15 is 0 Å². The summed E-state index contributed by atoms with van der Waals surface area (Å²) < 4.78 is 31.6. The number of carbonyl (C=O) groups excluding carboxylic acids is 1. The second-order valence-corrected chi connectivity index (χ2v) is 5.86. The summed E-state index contributed by atoms with van der Waals surface area (Å²) in [6.07, 6.45) is 0. The molecule has 0 bridgehead atoms. The summed E-state index contributed by atoms with van der Waals surface area (Å²) in [7, 11) is 0. The van der Waals surface area contributed by atoms with E-state index in [1.165, 1.54) is 6.07 Å². The Kier molecular flexibility index (Phi) is 7.16. The number of hydrogen-bond donors (Lipinski definition) is 2. The van der Waals surface area contributed by atoms with Crippen LogP contribution in [-0.2, 0) is 4.79 Å². The molecule has 25 heavy (non-hydrogen) atoms. The van der Waals surface area contributed by atoms with Crippen molar-refractivity contribution in [2.24, 2.45) is 0 Å². The molecule has 2 N–H and O–H groups in total. The van der Waals surface area contributed by atoms with Gasteiger partial charge in [0.05, 0.1) is 13.1 Å². The maximum atomic E-state index is 13.2. The van der Waals surface area contributed by atoms with E-state index in [9.17, 15) is 13.6 Å². The number of carbonyl (C=O) groups is 1. The van der Waals surface area contributed by atoms with E-state index in [-0.39, 0.29) is 18.5 Å². The van der Waals surface area contributed by atoms with Crippen LogP contribution in [0.1, 0.15) is 18.5 Å². The van der Waals surface area contributed by atoms with Gasteiger partial charge in [-0.3, -0.25) is 4.79 Å². The number of amides is 1. The van der Waals surface area contributed by atoms with Crippen LogP contribution < -0.4 is 15.4 Å². The van der Waals surface area contributed by atoms with Gasteiger partial charge in [-0.2, -0.15) is 0 Å². The van der Waals surface area contributed by atoms with Crippen molar-refractivity contribution >= 4 is 17.5 Å². The Morgan fingerprint density at radius 2 is 1.88 bits per heavy atom. The smallest absolute Gasteiger partial charge is 0.234 e. The third kappa shape index (κ3) is 6.32. The Labute approximate surface area is 150 Å². The van der Waals surface area contributed by atoms with Crippen molar-refractivity contribution in [3.05, 3.63) is 64.7 Å². The molecule has 2 aromatic rings. The molecule has 0 saturated heterocycles. The van der Waals surface area contributed by atoms with Crippen LogP contribution in [0.25, 0.3) is 0 Å². The van der Waals surface area contributed by atoms with Gasteiger partial charge in [-0.15, -0.1) is 0 Å². The predicted octanol–water partition coefficient (Wildman–Crippen LogP) is 3.46. The highest BCUT2D eigenvalue weighted by atomic mass is 35.5. The van der Waals surface area contributed by atoms with Gasteiger partial charge >= 0.3 is 0 Å². The van der Waals surface area contributed by atoms with Gasteiger partial charge in [-0.1, -0.05) is 17.7 Å². The van der Waals surface area contributed by atoms with E-state index in [1.807, 2.05) is 0 Å². The molecule has 4 nitrogen and oxygen atoms in total. The van der Waals surface area contributed by atoms with Crippen LogP contribution in [0, 0.1) is 11.6 Å². The minimum atomic E-state index is -0.907. The van der Waals surface area contributed by atoms with Crippen LogP contribution in [0.3, 0.4) is 0 Å². The van der Waals surface area contributed by atoms with Crippen LogP contribution >= 0.6 is 11.6 Å². The first-order valence-corrected chi connectivity index (χ1v) is 8.17. The second-order valence-electron chi connectivity index (χ2n) is 5.43. The first kappa shape index (κ1) is 19.1. The van der Waals surface area contributed by atoms with Crippen molar-refractivity contribution in [3.63, 3.8) is 0 Å². The Hall–Kier alpha value is -2.18. The zero-order valence-electron chi connectivity index (χ0n) is 13.7. The molecule has 7 heteroatoms. The van der Waals surface area contributed by atoms with E-state index < -0.39 is 11.6 Å². The van der Waals surface area contributed by atoms with Crippen molar-refractivity contribution in [1.82, 2.24) is 10.6 Å². The number of halogens is 3. The van der Waals surface area contributed by atoms with Gasteiger partial charge in [0.25, 0.3) is 0 Å². The summed E-state index contributed by atoms with van der Waals surface area (Å²) in [6, 6.07) is 10.3. The van der Waals surface area contributed by atoms with Gasteiger partial charge in [0.1, 0.15) is 12.4 Å². The molecule has 0 aliphatic heterocycles. The van der Waals surface area contributed by atoms with Crippen molar-refractivity contribution in [2.45, 2.75) is 13.0 Å². The minimum absolute atomic E-state index is 0.0567. The lowest BCUT2D eigenvalue weighted by Gasteiger charge is -2.14. The summed E-state index contributed by atoms with van der Waals surface area (Å²) in [6.45, 7) is 2.50. The molecule has 0 aliphatic rings. The fraction of sp³-hybridized carbons (Fsp3) is 0.278. The number of nitrogens with one attached hydrogen (secondary N) is 2. The van der Waals surface area contributed by atoms with Gasteiger partial charge < -0.3 is 15.4 Å². The first-order chi connectivity index (χ1) is 12.0. The summed E-state index contributed by atoms with van der Waals surface area (Å²) in [5.74, 6) is -1.35. The zero-order chi connectivity index (χ0) is 18.2. The molecule has 0 aromatic heterocycles. The second kappa shape index (κ2) is 9.34. The molecule has 0 unspecified atom stereocenters. The Morgan fingerprint density at radius 3 is 2.56 bits per heavy atom. The molecule has 134 valence electrons. The van der Waals surface area contributed by atoms with Gasteiger partial charge in [-0.25, -0.2) is 8.78 Å². The van der Waals surface area contributed by atoms with Crippen molar-refractivity contribution in [3.8, 4) is 5.75 Å². The van der Waals surface area contributed by atoms with Crippen LogP contribution in [0.15, 0.2) is 42.5 Å². The van der Waals surface area contributed by atoms with E-state index in [0.29, 0.717) is 29.5 Å². The van der Waals surface area contributed by atoms with Crippen molar-refractivity contribution in [1.29, 1.82) is 0 Å². The van der Waals surface area contributed by atoms with E-state index in [2.05, 4.69) is 10.6 Å². The average molecular weight is 369 g/mol. The van der Waals surface area contributed by atoms with Crippen molar-refractivity contribution < 1.29 is 18.3 Å². The molecule has 1 atom stereocenters. The van der Waals surface area contributed by atoms with Gasteiger partial charge in [-0.05, 0) is 48.9 Å². The van der Waals surface area contributed by atoms with E-state index in [4.69, 9.17) is 16.3 Å². The maximum absolute atomic E-state index is 13.2. The highest BCUT2D eigenvalue weighted by molar-refractivity contribution is 6.30. The first-order valence-electron chi connectivity index (χ1n) is 7.79. The largest absolute Gasteiger partial charge is 0.492 e. The lowest BCUT2D eigenvalue weighted by molar-refractivity contribution is -0.120. The summed E-state index contributed by atoms with van der Waals surface area (Å²) >= 11 is 5.78. The Morgan fingerprint density at radius 1 is 1.16 bits per heavy atom. The molecule has 0 radical (unpaired) electrons. The molecule has 0 spiro atoms. The number of hydrogen-bond acceptors (Lipinski definition) is 3. The average Bonchev–Trinajstić information content (AvgIpc) is 2.60. The lowest BCUT2D eigenvalue weighted by atomic mass is 10.1. The minimum Gasteiger partial charge on any atom is -0.492 e. The predicted molar refractivity (Wildman–Crippen MR) is 92.7 cm³/mol. The molecular weight excluding hydrogens is 350 g/mol. The Balaban J connectivity index is 1.66. The highest BCUT2D eigenvalue weighted by Crippen LogP contribution is 2.16. The van der Waals surface area contributed by atoms with Crippen LogP contribution in [-0.4, -0.2) is 25.6 Å².